The Morgan fingerprint density at radius 1 is 0.394 bits per heavy atom. The first-order valence-corrected chi connectivity index (χ1v) is 22.3. The first kappa shape index (κ1) is 39.3. The molecule has 2 atom stereocenters. The van der Waals surface area contributed by atoms with Gasteiger partial charge in [0.1, 0.15) is 23.3 Å². The zero-order valence-electron chi connectivity index (χ0n) is 37.2. The summed E-state index contributed by atoms with van der Waals surface area (Å²) in [5, 5.41) is 3.79. The number of nitrogens with one attached hydrogen (secondary N) is 1. The van der Waals surface area contributed by atoms with Crippen molar-refractivity contribution < 1.29 is 0 Å². The average Bonchev–Trinajstić information content (AvgIpc) is 3.80. The molecule has 1 N–H and O–H groups in total. The predicted octanol–water partition coefficient (Wildman–Crippen LogP) is 11.6. The van der Waals surface area contributed by atoms with Crippen molar-refractivity contribution >= 4 is 11.5 Å². The molecule has 0 amide bonds. The third-order valence-electron chi connectivity index (χ3n) is 13.1. The van der Waals surface area contributed by atoms with Crippen LogP contribution in [0.2, 0.25) is 0 Å². The number of aromatic nitrogens is 7. The Hall–Kier alpha value is -8.30. The van der Waals surface area contributed by atoms with E-state index in [-0.39, 0.29) is 6.04 Å². The molecule has 9 heteroatoms. The van der Waals surface area contributed by atoms with E-state index in [0.717, 1.165) is 68.0 Å². The summed E-state index contributed by atoms with van der Waals surface area (Å²) < 4.78 is 0. The summed E-state index contributed by atoms with van der Waals surface area (Å²) in [5.74, 6) is 2.30. The lowest BCUT2D eigenvalue weighted by Gasteiger charge is -2.31. The highest BCUT2D eigenvalue weighted by molar-refractivity contribution is 6.07. The number of hydrogen-bond donors (Lipinski definition) is 1. The smallest absolute Gasteiger partial charge is 0.182 e. The highest BCUT2D eigenvalue weighted by atomic mass is 15.1. The SMILES string of the molecule is CC1=C(c2cccc(C)n2)NC(c2ccc3c(c2)C2(c4ccccc4-3)c3ccccc3-c3ccc(-c4nc(-c5cccc(C)n5)nc(-c5cccc(C)n5)n4)cc32)=NC1c1cccc(C)n1. The topological polar surface area (TPSA) is 115 Å². The molecule has 0 saturated carbocycles. The lowest BCUT2D eigenvalue weighted by Crippen LogP contribution is -2.31. The summed E-state index contributed by atoms with van der Waals surface area (Å²) in [6.07, 6.45) is 0. The number of fused-ring (bicyclic) bond motifs is 10. The van der Waals surface area contributed by atoms with E-state index in [2.05, 4.69) is 121 Å². The molecule has 66 heavy (non-hydrogen) atoms. The molecule has 9 nitrogen and oxygen atoms in total. The second kappa shape index (κ2) is 15.2. The van der Waals surface area contributed by atoms with Gasteiger partial charge >= 0.3 is 0 Å². The Balaban J connectivity index is 1.07. The van der Waals surface area contributed by atoms with E-state index in [4.69, 9.17) is 39.9 Å². The molecule has 6 heterocycles. The minimum Gasteiger partial charge on any atom is -0.338 e. The van der Waals surface area contributed by atoms with Gasteiger partial charge in [0, 0.05) is 33.9 Å². The van der Waals surface area contributed by atoms with Gasteiger partial charge < -0.3 is 5.32 Å². The third kappa shape index (κ3) is 6.22. The van der Waals surface area contributed by atoms with Crippen molar-refractivity contribution in [3.8, 4) is 56.7 Å². The fourth-order valence-electron chi connectivity index (χ4n) is 10.2. The maximum atomic E-state index is 5.48. The molecular weight excluding hydrogens is 811 g/mol. The van der Waals surface area contributed by atoms with Crippen molar-refractivity contribution in [2.45, 2.75) is 46.1 Å². The van der Waals surface area contributed by atoms with Crippen LogP contribution in [-0.2, 0) is 5.41 Å². The van der Waals surface area contributed by atoms with Crippen LogP contribution in [0, 0.1) is 27.7 Å². The fourth-order valence-corrected chi connectivity index (χ4v) is 10.2. The maximum Gasteiger partial charge on any atom is 0.182 e. The predicted molar refractivity (Wildman–Crippen MR) is 260 cm³/mol. The van der Waals surface area contributed by atoms with Crippen LogP contribution in [0.15, 0.2) is 168 Å². The Labute approximate surface area is 383 Å². The molecule has 3 aliphatic rings. The largest absolute Gasteiger partial charge is 0.338 e. The lowest BCUT2D eigenvalue weighted by atomic mass is 9.70. The van der Waals surface area contributed by atoms with E-state index in [1.807, 2.05) is 76.2 Å². The van der Waals surface area contributed by atoms with E-state index < -0.39 is 5.41 Å². The first-order chi connectivity index (χ1) is 32.2. The van der Waals surface area contributed by atoms with Gasteiger partial charge in [0.25, 0.3) is 0 Å². The summed E-state index contributed by atoms with van der Waals surface area (Å²) in [4.78, 5) is 40.4. The van der Waals surface area contributed by atoms with Gasteiger partial charge in [-0.1, -0.05) is 97.1 Å². The van der Waals surface area contributed by atoms with Gasteiger partial charge in [-0.3, -0.25) is 15.0 Å². The molecule has 2 aliphatic carbocycles. The quantitative estimate of drug-likeness (QED) is 0.176. The fraction of sp³-hybridized carbons (Fsp3) is 0.123. The minimum atomic E-state index is -0.668. The van der Waals surface area contributed by atoms with Crippen LogP contribution in [0.3, 0.4) is 0 Å². The lowest BCUT2D eigenvalue weighted by molar-refractivity contribution is 0.778. The minimum absolute atomic E-state index is 0.312. The van der Waals surface area contributed by atoms with Gasteiger partial charge in [-0.15, -0.1) is 0 Å². The molecule has 0 fully saturated rings. The van der Waals surface area contributed by atoms with Crippen LogP contribution in [0.4, 0.5) is 0 Å². The zero-order valence-corrected chi connectivity index (χ0v) is 37.2. The van der Waals surface area contributed by atoms with Gasteiger partial charge in [0.2, 0.25) is 0 Å². The molecule has 12 rings (SSSR count). The molecule has 4 aromatic carbocycles. The van der Waals surface area contributed by atoms with Crippen LogP contribution < -0.4 is 5.32 Å². The molecule has 1 spiro atoms. The van der Waals surface area contributed by atoms with Crippen LogP contribution in [-0.4, -0.2) is 40.7 Å². The van der Waals surface area contributed by atoms with Gasteiger partial charge in [0.05, 0.1) is 22.5 Å². The zero-order chi connectivity index (χ0) is 44.7. The number of pyridine rings is 4. The van der Waals surface area contributed by atoms with Crippen LogP contribution >= 0.6 is 0 Å². The monoisotopic (exact) mass is 853 g/mol. The number of benzene rings is 4. The summed E-state index contributed by atoms with van der Waals surface area (Å²) >= 11 is 0. The molecule has 0 bridgehead atoms. The number of aryl methyl sites for hydroxylation is 4. The van der Waals surface area contributed by atoms with Gasteiger partial charge in [-0.05, 0) is 145 Å². The van der Waals surface area contributed by atoms with E-state index in [1.54, 1.807) is 0 Å². The molecule has 316 valence electrons. The molecular formula is C57H43N9. The van der Waals surface area contributed by atoms with Gasteiger partial charge in [0.15, 0.2) is 17.5 Å². The first-order valence-electron chi connectivity index (χ1n) is 22.3. The van der Waals surface area contributed by atoms with E-state index >= 15 is 0 Å². The number of rotatable bonds is 6. The maximum absolute atomic E-state index is 5.48. The standard InChI is InChI=1S/C57H43N9/c1-32-14-10-22-47(58-32)51-36(5)52(48-23-11-15-33(2)59-48)63-53(62-51)37-26-28-41-39-18-6-8-20-43(39)57(45(41)30-37)44-21-9-7-19-40(44)42-29-27-38(31-46(42)57)54-64-55(49-24-12-16-34(3)60-49)66-56(65-54)50-25-13-17-35(4)61-50/h6-31,51H,1-5H3,(H,62,63). The Bertz CT molecular complexity index is 3480. The molecule has 0 radical (unpaired) electrons. The Morgan fingerprint density at radius 3 is 1.44 bits per heavy atom. The van der Waals surface area contributed by atoms with E-state index in [9.17, 15) is 0 Å². The molecule has 0 saturated heterocycles. The van der Waals surface area contributed by atoms with Crippen molar-refractivity contribution in [2.75, 3.05) is 0 Å². The average molecular weight is 854 g/mol. The number of hydrogen-bond acceptors (Lipinski definition) is 9. The van der Waals surface area contributed by atoms with Crippen molar-refractivity contribution in [3.63, 3.8) is 0 Å². The van der Waals surface area contributed by atoms with Gasteiger partial charge in [-0.2, -0.15) is 0 Å². The summed E-state index contributed by atoms with van der Waals surface area (Å²) in [6, 6.07) is 55.0. The van der Waals surface area contributed by atoms with Crippen molar-refractivity contribution in [3.05, 3.63) is 225 Å². The number of nitrogens with zero attached hydrogens (tertiary/aromatic N) is 8. The number of aliphatic imine (C=N–C) groups is 1. The van der Waals surface area contributed by atoms with Crippen molar-refractivity contribution in [1.29, 1.82) is 0 Å². The normalized spacial score (nSPS) is 16.6. The van der Waals surface area contributed by atoms with Crippen LogP contribution in [0.25, 0.3) is 62.4 Å². The summed E-state index contributed by atoms with van der Waals surface area (Å²) in [5.41, 5.74) is 19.5. The van der Waals surface area contributed by atoms with Crippen LogP contribution in [0.5, 0.6) is 0 Å². The van der Waals surface area contributed by atoms with Crippen molar-refractivity contribution in [1.82, 2.24) is 40.2 Å². The summed E-state index contributed by atoms with van der Waals surface area (Å²) in [6.45, 7) is 10.1. The third-order valence-corrected chi connectivity index (χ3v) is 13.1. The van der Waals surface area contributed by atoms with E-state index in [0.29, 0.717) is 28.9 Å². The molecule has 5 aromatic heterocycles. The highest BCUT2D eigenvalue weighted by Gasteiger charge is 2.52. The Morgan fingerprint density at radius 2 is 0.864 bits per heavy atom. The number of amidine groups is 1. The molecule has 9 aromatic rings. The second-order valence-corrected chi connectivity index (χ2v) is 17.4. The molecule has 2 unspecified atom stereocenters. The van der Waals surface area contributed by atoms with E-state index in [1.165, 1.54) is 38.9 Å². The molecule has 1 aliphatic heterocycles. The van der Waals surface area contributed by atoms with Crippen molar-refractivity contribution in [2.24, 2.45) is 4.99 Å². The second-order valence-electron chi connectivity index (χ2n) is 17.4. The van der Waals surface area contributed by atoms with Gasteiger partial charge in [-0.25, -0.2) is 24.9 Å². The van der Waals surface area contributed by atoms with Crippen LogP contribution in [0.1, 0.15) is 74.9 Å². The summed E-state index contributed by atoms with van der Waals surface area (Å²) in [7, 11) is 0. The highest BCUT2D eigenvalue weighted by Crippen LogP contribution is 2.63. The Kier molecular flexibility index (Phi) is 9.03.